The molecule has 14 heteroatoms. The maximum atomic E-state index is 13.5. The van der Waals surface area contributed by atoms with Crippen molar-refractivity contribution in [3.8, 4) is 5.75 Å². The number of aromatic nitrogens is 2. The Morgan fingerprint density at radius 3 is 2.54 bits per heavy atom. The maximum absolute atomic E-state index is 13.5. The molecule has 0 radical (unpaired) electrons. The van der Waals surface area contributed by atoms with Crippen molar-refractivity contribution in [3.63, 3.8) is 0 Å². The quantitative estimate of drug-likeness (QED) is 0.201. The molecule has 3 unspecified atom stereocenters. The van der Waals surface area contributed by atoms with E-state index in [4.69, 9.17) is 30.7 Å². The standard InChI is InChI=1S/C21H28N3O9PS/c1-12(2)31-20(27)13(3)23-34(29,33-14-7-5-4-6-8-14)30-11-15-17(25)18(26)19(32-15)24-10-9-16(35)22-21(24)28/h4-10,12-13,15,17-19,25-26H,11H2,1-3H3,(H,23,29)(H,22,28,35)/t13-,15+,17?,18?,19+,34?/m0/s1. The number of esters is 1. The second-order valence-electron chi connectivity index (χ2n) is 8.10. The number of H-pyrrole nitrogens is 1. The molecule has 1 aromatic carbocycles. The molecule has 6 atom stereocenters. The van der Waals surface area contributed by atoms with E-state index in [-0.39, 0.29) is 10.4 Å². The van der Waals surface area contributed by atoms with Crippen LogP contribution in [0.3, 0.4) is 0 Å². The van der Waals surface area contributed by atoms with Gasteiger partial charge in [-0.3, -0.25) is 18.9 Å². The van der Waals surface area contributed by atoms with E-state index in [1.807, 2.05) is 0 Å². The summed E-state index contributed by atoms with van der Waals surface area (Å²) in [6.45, 7) is 4.27. The van der Waals surface area contributed by atoms with Crippen LogP contribution in [0.1, 0.15) is 27.0 Å². The molecule has 1 aromatic heterocycles. The minimum atomic E-state index is -4.21. The minimum absolute atomic E-state index is 0.189. The molecule has 2 aromatic rings. The van der Waals surface area contributed by atoms with Crippen LogP contribution in [0, 0.1) is 4.64 Å². The molecule has 1 aliphatic rings. The molecular formula is C21H28N3O9PS. The summed E-state index contributed by atoms with van der Waals surface area (Å²) >= 11 is 4.89. The largest absolute Gasteiger partial charge is 0.462 e. The van der Waals surface area contributed by atoms with Gasteiger partial charge in [0.05, 0.1) is 12.7 Å². The van der Waals surface area contributed by atoms with E-state index in [0.29, 0.717) is 0 Å². The van der Waals surface area contributed by atoms with Gasteiger partial charge in [0, 0.05) is 6.20 Å². The number of rotatable bonds is 10. The van der Waals surface area contributed by atoms with E-state index in [2.05, 4.69) is 10.1 Å². The highest BCUT2D eigenvalue weighted by Crippen LogP contribution is 2.46. The van der Waals surface area contributed by atoms with Crippen molar-refractivity contribution < 1.29 is 38.1 Å². The van der Waals surface area contributed by atoms with Crippen molar-refractivity contribution in [2.75, 3.05) is 6.61 Å². The lowest BCUT2D eigenvalue weighted by molar-refractivity contribution is -0.149. The Morgan fingerprint density at radius 1 is 1.23 bits per heavy atom. The predicted molar refractivity (Wildman–Crippen MR) is 126 cm³/mol. The Hall–Kier alpha value is -2.38. The first kappa shape index (κ1) is 27.2. The van der Waals surface area contributed by atoms with Crippen molar-refractivity contribution in [2.24, 2.45) is 0 Å². The number of hydrogen-bond acceptors (Lipinski definition) is 10. The molecule has 4 N–H and O–H groups in total. The van der Waals surface area contributed by atoms with Crippen LogP contribution in [0.25, 0.3) is 0 Å². The van der Waals surface area contributed by atoms with Gasteiger partial charge >= 0.3 is 19.4 Å². The number of carbonyl (C=O) groups is 1. The summed E-state index contributed by atoms with van der Waals surface area (Å²) < 4.78 is 36.6. The summed E-state index contributed by atoms with van der Waals surface area (Å²) in [5, 5.41) is 23.4. The summed E-state index contributed by atoms with van der Waals surface area (Å²) in [4.78, 5) is 26.8. The van der Waals surface area contributed by atoms with Gasteiger partial charge in [-0.05, 0) is 39.0 Å². The number of aromatic amines is 1. The van der Waals surface area contributed by atoms with Gasteiger partial charge in [-0.1, -0.05) is 30.4 Å². The minimum Gasteiger partial charge on any atom is -0.462 e. The second-order valence-corrected chi connectivity index (χ2v) is 10.2. The Balaban J connectivity index is 1.75. The van der Waals surface area contributed by atoms with Crippen molar-refractivity contribution >= 4 is 25.9 Å². The highest BCUT2D eigenvalue weighted by Gasteiger charge is 2.45. The fourth-order valence-electron chi connectivity index (χ4n) is 3.23. The van der Waals surface area contributed by atoms with Gasteiger partial charge in [0.15, 0.2) is 6.23 Å². The fraction of sp³-hybridized carbons (Fsp3) is 0.476. The van der Waals surface area contributed by atoms with E-state index in [1.165, 1.54) is 19.2 Å². The Labute approximate surface area is 206 Å². The summed E-state index contributed by atoms with van der Waals surface area (Å²) in [6, 6.07) is 8.49. The highest BCUT2D eigenvalue weighted by molar-refractivity contribution is 7.71. The number of aliphatic hydroxyl groups is 2. The number of nitrogens with zero attached hydrogens (tertiary/aromatic N) is 1. The molecule has 35 heavy (non-hydrogen) atoms. The summed E-state index contributed by atoms with van der Waals surface area (Å²) in [6.07, 6.45) is -4.48. The van der Waals surface area contributed by atoms with Crippen LogP contribution in [0.15, 0.2) is 47.4 Å². The highest BCUT2D eigenvalue weighted by atomic mass is 32.1. The van der Waals surface area contributed by atoms with Gasteiger partial charge in [-0.15, -0.1) is 0 Å². The lowest BCUT2D eigenvalue weighted by Gasteiger charge is -2.25. The molecule has 0 amide bonds. The van der Waals surface area contributed by atoms with Gasteiger partial charge < -0.3 is 24.2 Å². The van der Waals surface area contributed by atoms with Gasteiger partial charge in [0.1, 0.15) is 34.7 Å². The molecule has 1 fully saturated rings. The zero-order valence-electron chi connectivity index (χ0n) is 19.3. The number of ether oxygens (including phenoxy) is 2. The zero-order chi connectivity index (χ0) is 25.8. The molecule has 3 rings (SSSR count). The van der Waals surface area contributed by atoms with Crippen molar-refractivity contribution in [2.45, 2.75) is 57.5 Å². The molecule has 192 valence electrons. The van der Waals surface area contributed by atoms with Crippen LogP contribution in [0.5, 0.6) is 5.75 Å². The predicted octanol–water partition coefficient (Wildman–Crippen LogP) is 1.66. The monoisotopic (exact) mass is 529 g/mol. The molecular weight excluding hydrogens is 501 g/mol. The SMILES string of the molecule is CC(C)OC(=O)[C@H](C)NP(=O)(OC[C@H]1O[C@@H](n2ccc(=S)[nH]c2=O)C(O)C1O)Oc1ccccc1. The molecule has 0 saturated carbocycles. The molecule has 1 aliphatic heterocycles. The zero-order valence-corrected chi connectivity index (χ0v) is 21.0. The third-order valence-electron chi connectivity index (χ3n) is 4.90. The normalized spacial score (nSPS) is 24.6. The molecule has 2 heterocycles. The van der Waals surface area contributed by atoms with Crippen LogP contribution in [-0.2, 0) is 23.4 Å². The van der Waals surface area contributed by atoms with Crippen LogP contribution < -0.4 is 15.3 Å². The molecule has 0 aliphatic carbocycles. The lowest BCUT2D eigenvalue weighted by Crippen LogP contribution is -2.38. The number of nitrogens with one attached hydrogen (secondary N) is 2. The number of hydrogen-bond donors (Lipinski definition) is 4. The summed E-state index contributed by atoms with van der Waals surface area (Å²) in [5.41, 5.74) is -0.646. The molecule has 1 saturated heterocycles. The van der Waals surface area contributed by atoms with E-state index in [1.54, 1.807) is 44.2 Å². The van der Waals surface area contributed by atoms with Crippen molar-refractivity contribution in [1.82, 2.24) is 14.6 Å². The molecule has 0 spiro atoms. The van der Waals surface area contributed by atoms with Crippen molar-refractivity contribution in [3.05, 3.63) is 57.7 Å². The molecule has 0 bridgehead atoms. The number of benzene rings is 1. The average molecular weight is 530 g/mol. The average Bonchev–Trinajstić information content (AvgIpc) is 3.06. The Morgan fingerprint density at radius 2 is 1.91 bits per heavy atom. The topological polar surface area (TPSA) is 161 Å². The lowest BCUT2D eigenvalue weighted by atomic mass is 10.1. The summed E-state index contributed by atoms with van der Waals surface area (Å²) in [5.74, 6) is -0.474. The van der Waals surface area contributed by atoms with Gasteiger partial charge in [0.2, 0.25) is 0 Å². The smallest absolute Gasteiger partial charge is 0.459 e. The Bertz CT molecular complexity index is 1170. The first-order valence-corrected chi connectivity index (χ1v) is 12.7. The van der Waals surface area contributed by atoms with Gasteiger partial charge in [-0.2, -0.15) is 5.09 Å². The first-order chi connectivity index (χ1) is 16.5. The first-order valence-electron chi connectivity index (χ1n) is 10.8. The van der Waals surface area contributed by atoms with E-state index in [0.717, 1.165) is 4.57 Å². The van der Waals surface area contributed by atoms with Crippen molar-refractivity contribution in [1.29, 1.82) is 0 Å². The maximum Gasteiger partial charge on any atom is 0.459 e. The van der Waals surface area contributed by atoms with E-state index >= 15 is 0 Å². The molecule has 12 nitrogen and oxygen atoms in total. The Kier molecular flexibility index (Phi) is 9.00. The van der Waals surface area contributed by atoms with Gasteiger partial charge in [0.25, 0.3) is 0 Å². The summed E-state index contributed by atoms with van der Waals surface area (Å²) in [7, 11) is -4.21. The van der Waals surface area contributed by atoms with Crippen LogP contribution in [-0.4, -0.2) is 62.8 Å². The number of aliphatic hydroxyl groups excluding tert-OH is 2. The fourth-order valence-corrected chi connectivity index (χ4v) is 4.88. The van der Waals surface area contributed by atoms with Crippen LogP contribution in [0.4, 0.5) is 0 Å². The third-order valence-corrected chi connectivity index (χ3v) is 6.78. The van der Waals surface area contributed by atoms with Crippen LogP contribution >= 0.6 is 20.0 Å². The van der Waals surface area contributed by atoms with Crippen LogP contribution in [0.2, 0.25) is 0 Å². The van der Waals surface area contributed by atoms with E-state index < -0.39 is 62.7 Å². The second kappa shape index (κ2) is 11.6. The van der Waals surface area contributed by atoms with E-state index in [9.17, 15) is 24.4 Å². The number of carbonyl (C=O) groups excluding carboxylic acids is 1. The van der Waals surface area contributed by atoms with Gasteiger partial charge in [-0.25, -0.2) is 9.36 Å². The third kappa shape index (κ3) is 7.07. The number of para-hydroxylation sites is 1.